The minimum absolute atomic E-state index is 0.113. The van der Waals surface area contributed by atoms with Gasteiger partial charge >= 0.3 is 12.1 Å². The number of esters is 1. The van der Waals surface area contributed by atoms with E-state index in [0.29, 0.717) is 12.8 Å². The summed E-state index contributed by atoms with van der Waals surface area (Å²) in [5.41, 5.74) is 8.54. The van der Waals surface area contributed by atoms with Gasteiger partial charge < -0.3 is 20.1 Å². The van der Waals surface area contributed by atoms with Gasteiger partial charge in [0.05, 0.1) is 0 Å². The van der Waals surface area contributed by atoms with Gasteiger partial charge in [-0.05, 0) is 62.9 Å². The van der Waals surface area contributed by atoms with Crippen LogP contribution in [0.4, 0.5) is 4.79 Å². The Morgan fingerprint density at radius 1 is 0.588 bits per heavy atom. The van der Waals surface area contributed by atoms with Crippen LogP contribution in [0.15, 0.2) is 127 Å². The van der Waals surface area contributed by atoms with Crippen molar-refractivity contribution in [2.24, 2.45) is 0 Å². The third-order valence-corrected chi connectivity index (χ3v) is 10.6. The Hall–Kier alpha value is -5.69. The van der Waals surface area contributed by atoms with Gasteiger partial charge in [-0.15, -0.1) is 0 Å². The maximum atomic E-state index is 14.2. The molecular weight excluding hydrogens is 636 g/mol. The standard InChI is InChI=1S/C44H42N2O5/c1-3-44(4-2,46-43(49)51-28-39-36-24-14-10-20-32(36)33-21-11-15-25-37(33)39)42(48)45-40(26-29-16-6-5-7-17-29)41(47)50-27-38-34-22-12-8-18-30(34)31-19-9-13-23-35(31)38/h5-25,38-40H,3-4,26-28H2,1-2H3,(H,45,48)(H,46,49)/t40-/m0/s1. The van der Waals surface area contributed by atoms with E-state index >= 15 is 0 Å². The zero-order valence-electron chi connectivity index (χ0n) is 28.9. The van der Waals surface area contributed by atoms with Gasteiger partial charge in [-0.3, -0.25) is 4.79 Å². The van der Waals surface area contributed by atoms with Crippen molar-refractivity contribution in [1.29, 1.82) is 0 Å². The molecule has 0 aromatic heterocycles. The molecule has 0 unspecified atom stereocenters. The molecule has 7 rings (SSSR count). The summed E-state index contributed by atoms with van der Waals surface area (Å²) >= 11 is 0. The van der Waals surface area contributed by atoms with E-state index in [-0.39, 0.29) is 31.5 Å². The first-order valence-electron chi connectivity index (χ1n) is 17.7. The molecule has 51 heavy (non-hydrogen) atoms. The second-order valence-corrected chi connectivity index (χ2v) is 13.3. The molecule has 0 saturated carbocycles. The number of carbonyl (C=O) groups excluding carboxylic acids is 3. The van der Waals surface area contributed by atoms with Crippen molar-refractivity contribution in [3.63, 3.8) is 0 Å². The van der Waals surface area contributed by atoms with Crippen LogP contribution in [-0.4, -0.2) is 42.8 Å². The van der Waals surface area contributed by atoms with E-state index in [1.54, 1.807) is 0 Å². The van der Waals surface area contributed by atoms with Gasteiger partial charge in [0.2, 0.25) is 5.91 Å². The molecule has 0 bridgehead atoms. The summed E-state index contributed by atoms with van der Waals surface area (Å²) in [6.07, 6.45) is 0.138. The molecule has 1 atom stereocenters. The number of fused-ring (bicyclic) bond motifs is 6. The predicted molar refractivity (Wildman–Crippen MR) is 198 cm³/mol. The largest absolute Gasteiger partial charge is 0.463 e. The summed E-state index contributed by atoms with van der Waals surface area (Å²) in [4.78, 5) is 41.5. The zero-order valence-corrected chi connectivity index (χ0v) is 28.9. The molecule has 5 aromatic carbocycles. The maximum Gasteiger partial charge on any atom is 0.408 e. The summed E-state index contributed by atoms with van der Waals surface area (Å²) in [6.45, 7) is 3.94. The van der Waals surface area contributed by atoms with Crippen molar-refractivity contribution < 1.29 is 23.9 Å². The van der Waals surface area contributed by atoms with Crippen LogP contribution in [-0.2, 0) is 25.5 Å². The second-order valence-electron chi connectivity index (χ2n) is 13.3. The Balaban J connectivity index is 1.05. The lowest BCUT2D eigenvalue weighted by Crippen LogP contribution is -2.61. The van der Waals surface area contributed by atoms with Crippen molar-refractivity contribution in [2.75, 3.05) is 13.2 Å². The van der Waals surface area contributed by atoms with E-state index in [1.165, 1.54) is 0 Å². The minimum Gasteiger partial charge on any atom is -0.463 e. The van der Waals surface area contributed by atoms with Crippen LogP contribution in [0.2, 0.25) is 0 Å². The van der Waals surface area contributed by atoms with Crippen LogP contribution < -0.4 is 10.6 Å². The van der Waals surface area contributed by atoms with Crippen molar-refractivity contribution in [3.05, 3.63) is 155 Å². The fourth-order valence-electron chi connectivity index (χ4n) is 7.68. The molecule has 2 N–H and O–H groups in total. The van der Waals surface area contributed by atoms with Gasteiger partial charge in [-0.2, -0.15) is 0 Å². The van der Waals surface area contributed by atoms with Gasteiger partial charge in [-0.1, -0.05) is 141 Å². The molecule has 2 amide bonds. The summed E-state index contributed by atoms with van der Waals surface area (Å²) in [5, 5.41) is 5.85. The number of alkyl carbamates (subject to hydrolysis) is 1. The number of hydrogen-bond acceptors (Lipinski definition) is 5. The number of amides is 2. The number of ether oxygens (including phenoxy) is 2. The van der Waals surface area contributed by atoms with Crippen molar-refractivity contribution in [1.82, 2.24) is 10.6 Å². The smallest absolute Gasteiger partial charge is 0.408 e. The van der Waals surface area contributed by atoms with Gasteiger partial charge in [0.25, 0.3) is 0 Å². The first-order chi connectivity index (χ1) is 24.9. The van der Waals surface area contributed by atoms with Crippen LogP contribution >= 0.6 is 0 Å². The van der Waals surface area contributed by atoms with Crippen LogP contribution in [0.25, 0.3) is 22.3 Å². The highest BCUT2D eigenvalue weighted by molar-refractivity contribution is 5.93. The zero-order chi connectivity index (χ0) is 35.4. The van der Waals surface area contributed by atoms with Gasteiger partial charge in [0.15, 0.2) is 0 Å². The van der Waals surface area contributed by atoms with Crippen LogP contribution in [0, 0.1) is 0 Å². The van der Waals surface area contributed by atoms with Crippen LogP contribution in [0.5, 0.6) is 0 Å². The predicted octanol–water partition coefficient (Wildman–Crippen LogP) is 8.17. The van der Waals surface area contributed by atoms with E-state index in [4.69, 9.17) is 9.47 Å². The van der Waals surface area contributed by atoms with Gasteiger partial charge in [-0.25, -0.2) is 9.59 Å². The molecule has 0 radical (unpaired) electrons. The fraction of sp³-hybridized carbons (Fsp3) is 0.250. The van der Waals surface area contributed by atoms with E-state index in [1.807, 2.05) is 92.7 Å². The lowest BCUT2D eigenvalue weighted by molar-refractivity contribution is -0.149. The molecule has 7 nitrogen and oxygen atoms in total. The van der Waals surface area contributed by atoms with Crippen LogP contribution in [0.3, 0.4) is 0 Å². The molecule has 2 aliphatic carbocycles. The lowest BCUT2D eigenvalue weighted by atomic mass is 9.91. The quantitative estimate of drug-likeness (QED) is 0.130. The SMILES string of the molecule is CCC(CC)(NC(=O)OCC1c2ccccc2-c2ccccc21)C(=O)N[C@@H](Cc1ccccc1)C(=O)OCC1c2ccccc2-c2ccccc21. The van der Waals surface area contributed by atoms with E-state index in [0.717, 1.165) is 50.1 Å². The summed E-state index contributed by atoms with van der Waals surface area (Å²) < 4.78 is 11.9. The fourth-order valence-corrected chi connectivity index (χ4v) is 7.68. The van der Waals surface area contributed by atoms with Crippen molar-refractivity contribution in [3.8, 4) is 22.3 Å². The molecule has 258 valence electrons. The normalized spacial score (nSPS) is 13.7. The van der Waals surface area contributed by atoms with E-state index in [9.17, 15) is 14.4 Å². The van der Waals surface area contributed by atoms with Gasteiger partial charge in [0, 0.05) is 18.3 Å². The minimum atomic E-state index is -1.30. The van der Waals surface area contributed by atoms with Crippen molar-refractivity contribution >= 4 is 18.0 Å². The molecular formula is C44H42N2O5. The Labute approximate surface area is 299 Å². The summed E-state index contributed by atoms with van der Waals surface area (Å²) in [7, 11) is 0. The molecule has 0 saturated heterocycles. The monoisotopic (exact) mass is 678 g/mol. The van der Waals surface area contributed by atoms with Crippen molar-refractivity contribution in [2.45, 2.75) is 56.5 Å². The lowest BCUT2D eigenvalue weighted by Gasteiger charge is -2.33. The first-order valence-corrected chi connectivity index (χ1v) is 17.7. The highest BCUT2D eigenvalue weighted by Gasteiger charge is 2.40. The van der Waals surface area contributed by atoms with E-state index in [2.05, 4.69) is 59.2 Å². The number of carbonyl (C=O) groups is 3. The third kappa shape index (κ3) is 6.64. The average Bonchev–Trinajstić information content (AvgIpc) is 3.67. The third-order valence-electron chi connectivity index (χ3n) is 10.6. The molecule has 7 heteroatoms. The molecule has 0 heterocycles. The molecule has 0 aliphatic heterocycles. The second kappa shape index (κ2) is 14.7. The average molecular weight is 679 g/mol. The molecule has 5 aromatic rings. The molecule has 0 spiro atoms. The van der Waals surface area contributed by atoms with Crippen LogP contribution in [0.1, 0.15) is 66.3 Å². The maximum absolute atomic E-state index is 14.2. The highest BCUT2D eigenvalue weighted by atomic mass is 16.5. The Morgan fingerprint density at radius 2 is 1.00 bits per heavy atom. The number of rotatable bonds is 12. The van der Waals surface area contributed by atoms with E-state index < -0.39 is 29.6 Å². The highest BCUT2D eigenvalue weighted by Crippen LogP contribution is 2.45. The Kier molecular flexibility index (Phi) is 9.71. The van der Waals surface area contributed by atoms with Gasteiger partial charge in [0.1, 0.15) is 24.8 Å². The topological polar surface area (TPSA) is 93.7 Å². The summed E-state index contributed by atoms with van der Waals surface area (Å²) in [6, 6.07) is 41.2. The number of nitrogens with one attached hydrogen (secondary N) is 2. The summed E-state index contributed by atoms with van der Waals surface area (Å²) in [5.74, 6) is -1.22. The molecule has 2 aliphatic rings. The first kappa shape index (κ1) is 33.8. The number of benzene rings is 5. The Morgan fingerprint density at radius 3 is 1.45 bits per heavy atom. The Bertz CT molecular complexity index is 1960. The number of hydrogen-bond donors (Lipinski definition) is 2. The molecule has 0 fully saturated rings.